The minimum atomic E-state index is -4.64. The first-order valence-electron chi connectivity index (χ1n) is 4.63. The molecule has 0 N–H and O–H groups in total. The van der Waals surface area contributed by atoms with Crippen LogP contribution in [-0.2, 0) is 6.18 Å². The third-order valence-corrected chi connectivity index (χ3v) is 2.12. The summed E-state index contributed by atoms with van der Waals surface area (Å²) in [7, 11) is 0. The van der Waals surface area contributed by atoms with Gasteiger partial charge in [-0.3, -0.25) is 0 Å². The number of halogens is 4. The number of benzene rings is 1. The summed E-state index contributed by atoms with van der Waals surface area (Å²) >= 11 is 0. The molecular formula is C10H7F4N3. The number of hydrogen-bond acceptors (Lipinski definition) is 2. The molecule has 0 saturated carbocycles. The summed E-state index contributed by atoms with van der Waals surface area (Å²) in [5.41, 5.74) is -1.33. The lowest BCUT2D eigenvalue weighted by molar-refractivity contribution is -0.137. The molecule has 3 nitrogen and oxygen atoms in total. The van der Waals surface area contributed by atoms with E-state index >= 15 is 0 Å². The summed E-state index contributed by atoms with van der Waals surface area (Å²) in [5.74, 6) is -0.611. The maximum atomic E-state index is 12.9. The van der Waals surface area contributed by atoms with E-state index in [4.69, 9.17) is 0 Å². The Bertz CT molecular complexity index is 545. The van der Waals surface area contributed by atoms with Crippen LogP contribution in [0.5, 0.6) is 0 Å². The predicted molar refractivity (Wildman–Crippen MR) is 51.1 cm³/mol. The van der Waals surface area contributed by atoms with E-state index in [2.05, 4.69) is 10.1 Å². The molecule has 0 saturated heterocycles. The number of rotatable bonds is 1. The van der Waals surface area contributed by atoms with Crippen molar-refractivity contribution in [2.75, 3.05) is 0 Å². The number of aryl methyl sites for hydroxylation is 1. The molecule has 0 fully saturated rings. The Morgan fingerprint density at radius 3 is 2.47 bits per heavy atom. The maximum Gasteiger partial charge on any atom is 0.418 e. The normalized spacial score (nSPS) is 11.8. The van der Waals surface area contributed by atoms with Gasteiger partial charge >= 0.3 is 6.18 Å². The van der Waals surface area contributed by atoms with Gasteiger partial charge < -0.3 is 0 Å². The summed E-state index contributed by atoms with van der Waals surface area (Å²) in [6.07, 6.45) is -3.49. The van der Waals surface area contributed by atoms with Gasteiger partial charge in [-0.2, -0.15) is 18.3 Å². The van der Waals surface area contributed by atoms with Crippen LogP contribution in [-0.4, -0.2) is 14.8 Å². The smallest absolute Gasteiger partial charge is 0.220 e. The van der Waals surface area contributed by atoms with Crippen LogP contribution in [0.3, 0.4) is 0 Å². The first kappa shape index (κ1) is 11.6. The molecule has 0 bridgehead atoms. The van der Waals surface area contributed by atoms with Crippen LogP contribution >= 0.6 is 0 Å². The molecule has 2 rings (SSSR count). The lowest BCUT2D eigenvalue weighted by atomic mass is 10.1. The molecule has 0 radical (unpaired) electrons. The highest BCUT2D eigenvalue weighted by molar-refractivity contribution is 5.42. The van der Waals surface area contributed by atoms with Gasteiger partial charge in [0, 0.05) is 0 Å². The third-order valence-electron chi connectivity index (χ3n) is 2.12. The summed E-state index contributed by atoms with van der Waals surface area (Å²) in [5, 5.41) is 3.77. The number of hydrogen-bond donors (Lipinski definition) is 0. The van der Waals surface area contributed by atoms with Crippen molar-refractivity contribution in [2.45, 2.75) is 13.1 Å². The fourth-order valence-electron chi connectivity index (χ4n) is 1.40. The molecule has 0 aliphatic carbocycles. The van der Waals surface area contributed by atoms with Crippen molar-refractivity contribution in [3.05, 3.63) is 41.7 Å². The fourth-order valence-corrected chi connectivity index (χ4v) is 1.40. The lowest BCUT2D eigenvalue weighted by Gasteiger charge is -2.12. The zero-order chi connectivity index (χ0) is 12.6. The van der Waals surface area contributed by atoms with E-state index < -0.39 is 17.6 Å². The summed E-state index contributed by atoms with van der Waals surface area (Å²) in [6, 6.07) is 2.40. The van der Waals surface area contributed by atoms with Gasteiger partial charge in [0.1, 0.15) is 18.0 Å². The zero-order valence-corrected chi connectivity index (χ0v) is 8.66. The van der Waals surface area contributed by atoms with Crippen LogP contribution in [0.15, 0.2) is 24.5 Å². The second kappa shape index (κ2) is 3.83. The molecule has 17 heavy (non-hydrogen) atoms. The van der Waals surface area contributed by atoms with Crippen molar-refractivity contribution >= 4 is 0 Å². The van der Waals surface area contributed by atoms with Gasteiger partial charge in [0.15, 0.2) is 0 Å². The molecule has 7 heteroatoms. The van der Waals surface area contributed by atoms with Crippen molar-refractivity contribution in [3.63, 3.8) is 0 Å². The second-order valence-corrected chi connectivity index (χ2v) is 3.40. The molecule has 0 aliphatic rings. The van der Waals surface area contributed by atoms with Gasteiger partial charge in [0.25, 0.3) is 0 Å². The molecule has 2 aromatic rings. The SMILES string of the molecule is Cc1ncn(-c2ccc(F)cc2C(F)(F)F)n1. The minimum absolute atomic E-state index is 0.250. The monoisotopic (exact) mass is 245 g/mol. The first-order chi connectivity index (χ1) is 7.88. The van der Waals surface area contributed by atoms with E-state index in [-0.39, 0.29) is 5.69 Å². The van der Waals surface area contributed by atoms with Gasteiger partial charge in [0.2, 0.25) is 0 Å². The predicted octanol–water partition coefficient (Wildman–Crippen LogP) is 2.73. The maximum absolute atomic E-state index is 12.9. The van der Waals surface area contributed by atoms with E-state index in [0.29, 0.717) is 11.9 Å². The summed E-state index contributed by atoms with van der Waals surface area (Å²) in [6.45, 7) is 1.55. The Labute approximate surface area is 93.7 Å². The fraction of sp³-hybridized carbons (Fsp3) is 0.200. The van der Waals surface area contributed by atoms with Crippen molar-refractivity contribution in [1.29, 1.82) is 0 Å². The highest BCUT2D eigenvalue weighted by Gasteiger charge is 2.34. The number of alkyl halides is 3. The Morgan fingerprint density at radius 1 is 1.24 bits per heavy atom. The van der Waals surface area contributed by atoms with E-state index in [9.17, 15) is 17.6 Å². The van der Waals surface area contributed by atoms with Crippen molar-refractivity contribution in [2.24, 2.45) is 0 Å². The molecule has 0 aliphatic heterocycles. The van der Waals surface area contributed by atoms with Gasteiger partial charge in [-0.15, -0.1) is 0 Å². The van der Waals surface area contributed by atoms with E-state index in [1.54, 1.807) is 6.92 Å². The van der Waals surface area contributed by atoms with Crippen molar-refractivity contribution < 1.29 is 17.6 Å². The highest BCUT2D eigenvalue weighted by Crippen LogP contribution is 2.33. The third kappa shape index (κ3) is 2.27. The summed E-state index contributed by atoms with van der Waals surface area (Å²) < 4.78 is 51.9. The highest BCUT2D eigenvalue weighted by atomic mass is 19.4. The molecule has 1 heterocycles. The Balaban J connectivity index is 2.61. The Morgan fingerprint density at radius 2 is 1.94 bits per heavy atom. The molecule has 0 atom stereocenters. The van der Waals surface area contributed by atoms with Gasteiger partial charge in [-0.05, 0) is 25.1 Å². The molecule has 90 valence electrons. The molecule has 0 amide bonds. The van der Waals surface area contributed by atoms with Crippen LogP contribution in [0.2, 0.25) is 0 Å². The molecule has 0 unspecified atom stereocenters. The number of aromatic nitrogens is 3. The van der Waals surface area contributed by atoms with E-state index in [0.717, 1.165) is 23.1 Å². The lowest BCUT2D eigenvalue weighted by Crippen LogP contribution is -2.11. The first-order valence-corrected chi connectivity index (χ1v) is 4.63. The Kier molecular flexibility index (Phi) is 2.60. The van der Waals surface area contributed by atoms with Crippen LogP contribution < -0.4 is 0 Å². The Hall–Kier alpha value is -1.92. The minimum Gasteiger partial charge on any atom is -0.220 e. The average molecular weight is 245 g/mol. The number of nitrogens with zero attached hydrogens (tertiary/aromatic N) is 3. The van der Waals surface area contributed by atoms with Crippen molar-refractivity contribution in [3.8, 4) is 5.69 Å². The van der Waals surface area contributed by atoms with Crippen LogP contribution in [0.1, 0.15) is 11.4 Å². The van der Waals surface area contributed by atoms with E-state index in [1.165, 1.54) is 0 Å². The molecular weight excluding hydrogens is 238 g/mol. The standard InChI is InChI=1S/C10H7F4N3/c1-6-15-5-17(16-6)9-3-2-7(11)4-8(9)10(12,13)14/h2-5H,1H3. The van der Waals surface area contributed by atoms with Gasteiger partial charge in [0.05, 0.1) is 11.3 Å². The van der Waals surface area contributed by atoms with Crippen molar-refractivity contribution in [1.82, 2.24) is 14.8 Å². The summed E-state index contributed by atoms with van der Waals surface area (Å²) in [4.78, 5) is 3.73. The molecule has 1 aromatic heterocycles. The molecule has 0 spiro atoms. The molecule has 1 aromatic carbocycles. The van der Waals surface area contributed by atoms with Gasteiger partial charge in [-0.25, -0.2) is 14.1 Å². The van der Waals surface area contributed by atoms with Crippen LogP contribution in [0, 0.1) is 12.7 Å². The van der Waals surface area contributed by atoms with E-state index in [1.807, 2.05) is 0 Å². The van der Waals surface area contributed by atoms with Gasteiger partial charge in [-0.1, -0.05) is 0 Å². The quantitative estimate of drug-likeness (QED) is 0.723. The zero-order valence-electron chi connectivity index (χ0n) is 8.66. The van der Waals surface area contributed by atoms with Crippen LogP contribution in [0.25, 0.3) is 5.69 Å². The average Bonchev–Trinajstić information content (AvgIpc) is 2.63. The van der Waals surface area contributed by atoms with Crippen LogP contribution in [0.4, 0.5) is 17.6 Å². The topological polar surface area (TPSA) is 30.7 Å². The second-order valence-electron chi connectivity index (χ2n) is 3.40. The largest absolute Gasteiger partial charge is 0.418 e.